The highest BCUT2D eigenvalue weighted by Crippen LogP contribution is 2.29. The van der Waals surface area contributed by atoms with E-state index in [1.165, 1.54) is 19.4 Å². The summed E-state index contributed by atoms with van der Waals surface area (Å²) in [6, 6.07) is -0.243. The molecule has 2 N–H and O–H groups in total. The van der Waals surface area contributed by atoms with E-state index in [9.17, 15) is 9.90 Å². The number of aliphatic carboxylic acids is 1. The third-order valence-corrected chi connectivity index (χ3v) is 3.95. The zero-order valence-corrected chi connectivity index (χ0v) is 12.1. The fourth-order valence-electron chi connectivity index (χ4n) is 2.68. The van der Waals surface area contributed by atoms with Crippen LogP contribution in [0.3, 0.4) is 0 Å². The van der Waals surface area contributed by atoms with Crippen molar-refractivity contribution in [3.8, 4) is 0 Å². The lowest BCUT2D eigenvalue weighted by molar-refractivity contribution is -0.140. The Labute approximate surface area is 115 Å². The van der Waals surface area contributed by atoms with Crippen molar-refractivity contribution in [2.24, 2.45) is 5.92 Å². The summed E-state index contributed by atoms with van der Waals surface area (Å²) in [6.07, 6.45) is 2.80. The Morgan fingerprint density at radius 2 is 1.79 bits per heavy atom. The van der Waals surface area contributed by atoms with Crippen LogP contribution in [0.4, 0.5) is 0 Å². The third-order valence-electron chi connectivity index (χ3n) is 3.95. The van der Waals surface area contributed by atoms with Gasteiger partial charge in [-0.15, -0.1) is 0 Å². The van der Waals surface area contributed by atoms with Crippen LogP contribution in [-0.4, -0.2) is 72.2 Å². The van der Waals surface area contributed by atoms with Crippen LogP contribution in [0.2, 0.25) is 0 Å². The Kier molecular flexibility index (Phi) is 5.19. The van der Waals surface area contributed by atoms with Crippen molar-refractivity contribution in [2.45, 2.75) is 38.8 Å². The molecule has 0 bridgehead atoms. The van der Waals surface area contributed by atoms with Crippen LogP contribution in [0, 0.1) is 5.92 Å². The maximum atomic E-state index is 11.2. The molecule has 0 amide bonds. The van der Waals surface area contributed by atoms with Crippen molar-refractivity contribution in [3.63, 3.8) is 0 Å². The molecule has 0 aromatic heterocycles. The molecule has 110 valence electrons. The molecule has 1 atom stereocenters. The maximum absolute atomic E-state index is 11.2. The van der Waals surface area contributed by atoms with Crippen LogP contribution in [0.15, 0.2) is 0 Å². The lowest BCUT2D eigenvalue weighted by atomic mass is 10.2. The highest BCUT2D eigenvalue weighted by molar-refractivity contribution is 5.73. The number of hydrogen-bond acceptors (Lipinski definition) is 4. The van der Waals surface area contributed by atoms with E-state index in [2.05, 4.69) is 15.1 Å². The van der Waals surface area contributed by atoms with Gasteiger partial charge in [0.2, 0.25) is 0 Å². The zero-order chi connectivity index (χ0) is 13.8. The van der Waals surface area contributed by atoms with Crippen LogP contribution in [-0.2, 0) is 4.79 Å². The van der Waals surface area contributed by atoms with Crippen molar-refractivity contribution in [1.82, 2.24) is 15.1 Å². The lowest BCUT2D eigenvalue weighted by Crippen LogP contribution is -2.54. The molecule has 1 heterocycles. The minimum absolute atomic E-state index is 0.206. The molecule has 0 aromatic carbocycles. The topological polar surface area (TPSA) is 55.8 Å². The van der Waals surface area contributed by atoms with Gasteiger partial charge in [-0.3, -0.25) is 9.69 Å². The fraction of sp³-hybridized carbons (Fsp3) is 0.929. The highest BCUT2D eigenvalue weighted by atomic mass is 16.4. The van der Waals surface area contributed by atoms with Gasteiger partial charge in [-0.2, -0.15) is 0 Å². The smallest absolute Gasteiger partial charge is 0.322 e. The second-order valence-corrected chi connectivity index (χ2v) is 6.26. The Bertz CT molecular complexity index is 297. The molecule has 0 spiro atoms. The summed E-state index contributed by atoms with van der Waals surface area (Å²) >= 11 is 0. The zero-order valence-electron chi connectivity index (χ0n) is 12.1. The summed E-state index contributed by atoms with van der Waals surface area (Å²) in [7, 11) is 0. The van der Waals surface area contributed by atoms with Gasteiger partial charge >= 0.3 is 5.97 Å². The van der Waals surface area contributed by atoms with Crippen LogP contribution in [0.1, 0.15) is 26.7 Å². The summed E-state index contributed by atoms with van der Waals surface area (Å²) < 4.78 is 0. The first kappa shape index (κ1) is 14.8. The molecule has 2 rings (SSSR count). The number of hydrogen-bond donors (Lipinski definition) is 2. The lowest BCUT2D eigenvalue weighted by Gasteiger charge is -2.36. The van der Waals surface area contributed by atoms with Gasteiger partial charge in [-0.25, -0.2) is 0 Å². The van der Waals surface area contributed by atoms with E-state index in [1.807, 2.05) is 13.8 Å². The molecule has 19 heavy (non-hydrogen) atoms. The first-order valence-electron chi connectivity index (χ1n) is 7.48. The average Bonchev–Trinajstić information content (AvgIpc) is 3.14. The molecule has 5 nitrogen and oxygen atoms in total. The predicted molar refractivity (Wildman–Crippen MR) is 75.3 cm³/mol. The van der Waals surface area contributed by atoms with Gasteiger partial charge in [0.05, 0.1) is 0 Å². The van der Waals surface area contributed by atoms with Crippen LogP contribution >= 0.6 is 0 Å². The van der Waals surface area contributed by atoms with E-state index in [1.54, 1.807) is 0 Å². The molecular formula is C14H27N3O2. The molecule has 1 aliphatic heterocycles. The van der Waals surface area contributed by atoms with Gasteiger partial charge in [-0.1, -0.05) is 13.8 Å². The van der Waals surface area contributed by atoms with Gasteiger partial charge in [0.25, 0.3) is 0 Å². The molecule has 1 aliphatic carbocycles. The van der Waals surface area contributed by atoms with E-state index >= 15 is 0 Å². The van der Waals surface area contributed by atoms with Gasteiger partial charge in [0.15, 0.2) is 0 Å². The molecule has 1 saturated heterocycles. The van der Waals surface area contributed by atoms with Crippen molar-refractivity contribution in [1.29, 1.82) is 0 Å². The predicted octanol–water partition coefficient (Wildman–Crippen LogP) is 0.465. The number of piperazine rings is 1. The van der Waals surface area contributed by atoms with Crippen LogP contribution in [0.25, 0.3) is 0 Å². The second-order valence-electron chi connectivity index (χ2n) is 6.26. The summed E-state index contributed by atoms with van der Waals surface area (Å²) in [4.78, 5) is 16.0. The van der Waals surface area contributed by atoms with E-state index < -0.39 is 12.0 Å². The minimum atomic E-state index is -0.742. The van der Waals surface area contributed by atoms with Crippen molar-refractivity contribution >= 4 is 5.97 Å². The van der Waals surface area contributed by atoms with E-state index in [4.69, 9.17) is 0 Å². The van der Waals surface area contributed by atoms with Crippen molar-refractivity contribution < 1.29 is 9.90 Å². The fourth-order valence-corrected chi connectivity index (χ4v) is 2.68. The molecule has 5 heteroatoms. The molecule has 0 radical (unpaired) electrons. The first-order chi connectivity index (χ1) is 9.04. The number of nitrogens with one attached hydrogen (secondary N) is 1. The summed E-state index contributed by atoms with van der Waals surface area (Å²) in [6.45, 7) is 10.0. The number of carboxylic acids is 1. The monoisotopic (exact) mass is 269 g/mol. The van der Waals surface area contributed by atoms with E-state index in [0.29, 0.717) is 6.54 Å². The molecule has 2 aliphatic rings. The number of rotatable bonds is 7. The highest BCUT2D eigenvalue weighted by Gasteiger charge is 2.28. The number of nitrogens with zero attached hydrogens (tertiary/aromatic N) is 2. The molecular weight excluding hydrogens is 242 g/mol. The Morgan fingerprint density at radius 1 is 1.21 bits per heavy atom. The summed E-state index contributed by atoms with van der Waals surface area (Å²) in [5.74, 6) is 0.204. The minimum Gasteiger partial charge on any atom is -0.480 e. The molecule has 0 aromatic rings. The van der Waals surface area contributed by atoms with E-state index in [0.717, 1.165) is 32.1 Å². The van der Waals surface area contributed by atoms with Gasteiger partial charge < -0.3 is 15.3 Å². The first-order valence-corrected chi connectivity index (χ1v) is 7.48. The van der Waals surface area contributed by atoms with Crippen LogP contribution in [0.5, 0.6) is 0 Å². The Morgan fingerprint density at radius 3 is 2.26 bits per heavy atom. The summed E-state index contributed by atoms with van der Waals surface area (Å²) in [5, 5.41) is 12.4. The molecule has 1 saturated carbocycles. The van der Waals surface area contributed by atoms with Gasteiger partial charge in [-0.05, 0) is 18.8 Å². The van der Waals surface area contributed by atoms with Gasteiger partial charge in [0.1, 0.15) is 6.04 Å². The van der Waals surface area contributed by atoms with Crippen molar-refractivity contribution in [3.05, 3.63) is 0 Å². The van der Waals surface area contributed by atoms with Gasteiger partial charge in [0, 0.05) is 45.3 Å². The SMILES string of the molecule is CC(C)NC(CN1CCN(CC2CC2)CC1)C(=O)O. The largest absolute Gasteiger partial charge is 0.480 e. The quantitative estimate of drug-likeness (QED) is 0.703. The van der Waals surface area contributed by atoms with E-state index in [-0.39, 0.29) is 6.04 Å². The number of carboxylic acid groups (broad SMARTS) is 1. The normalized spacial score (nSPS) is 23.7. The average molecular weight is 269 g/mol. The molecule has 1 unspecified atom stereocenters. The molecule has 2 fully saturated rings. The van der Waals surface area contributed by atoms with Crippen LogP contribution < -0.4 is 5.32 Å². The standard InChI is InChI=1S/C14H27N3O2/c1-11(2)15-13(14(18)19)10-17-7-5-16(6-8-17)9-12-3-4-12/h11-13,15H,3-10H2,1-2H3,(H,18,19). The van der Waals surface area contributed by atoms with Crippen molar-refractivity contribution in [2.75, 3.05) is 39.3 Å². The maximum Gasteiger partial charge on any atom is 0.322 e. The Balaban J connectivity index is 1.71. The Hall–Kier alpha value is -0.650. The summed E-state index contributed by atoms with van der Waals surface area (Å²) in [5.41, 5.74) is 0. The second kappa shape index (κ2) is 6.68. The number of carbonyl (C=O) groups is 1. The third kappa shape index (κ3) is 5.09.